The summed E-state index contributed by atoms with van der Waals surface area (Å²) >= 11 is 0. The van der Waals surface area contributed by atoms with Crippen LogP contribution in [-0.4, -0.2) is 55.9 Å². The van der Waals surface area contributed by atoms with Crippen LogP contribution in [0, 0.1) is 19.7 Å². The smallest absolute Gasteiger partial charge is 0.243 e. The lowest BCUT2D eigenvalue weighted by molar-refractivity contribution is 0.0568. The van der Waals surface area contributed by atoms with E-state index < -0.39 is 10.0 Å². The van der Waals surface area contributed by atoms with Crippen molar-refractivity contribution < 1.29 is 17.5 Å². The van der Waals surface area contributed by atoms with Gasteiger partial charge in [-0.05, 0) is 74.9 Å². The van der Waals surface area contributed by atoms with E-state index in [-0.39, 0.29) is 11.9 Å². The summed E-state index contributed by atoms with van der Waals surface area (Å²) in [4.78, 5) is 2.83. The monoisotopic (exact) mass is 446 g/mol. The quantitative estimate of drug-likeness (QED) is 0.693. The summed E-state index contributed by atoms with van der Waals surface area (Å²) in [5, 5.41) is 0. The molecule has 2 aliphatic heterocycles. The van der Waals surface area contributed by atoms with E-state index in [0.717, 1.165) is 49.9 Å². The molecule has 2 aromatic rings. The first kappa shape index (κ1) is 22.2. The van der Waals surface area contributed by atoms with Gasteiger partial charge in [-0.25, -0.2) is 12.8 Å². The zero-order valence-electron chi connectivity index (χ0n) is 18.3. The predicted octanol–water partition coefficient (Wildman–Crippen LogP) is 4.14. The van der Waals surface area contributed by atoms with E-state index >= 15 is 0 Å². The summed E-state index contributed by atoms with van der Waals surface area (Å²) in [7, 11) is -3.44. The first-order chi connectivity index (χ1) is 14.8. The summed E-state index contributed by atoms with van der Waals surface area (Å²) in [6.45, 7) is 6.82. The molecule has 2 saturated heterocycles. The fourth-order valence-corrected chi connectivity index (χ4v) is 6.11. The lowest BCUT2D eigenvalue weighted by Crippen LogP contribution is -2.50. The Kier molecular flexibility index (Phi) is 6.65. The molecule has 0 aromatic heterocycles. The molecule has 0 saturated carbocycles. The Morgan fingerprint density at radius 3 is 2.23 bits per heavy atom. The van der Waals surface area contributed by atoms with Crippen molar-refractivity contribution in [2.45, 2.75) is 56.6 Å². The zero-order chi connectivity index (χ0) is 22.0. The van der Waals surface area contributed by atoms with E-state index in [0.29, 0.717) is 29.8 Å². The van der Waals surface area contributed by atoms with E-state index in [9.17, 15) is 12.8 Å². The van der Waals surface area contributed by atoms with Gasteiger partial charge in [-0.3, -0.25) is 0 Å². The Bertz CT molecular complexity index is 1010. The maximum atomic E-state index is 13.8. The number of rotatable bonds is 5. The van der Waals surface area contributed by atoms with Crippen LogP contribution in [-0.2, 0) is 10.0 Å². The second kappa shape index (κ2) is 9.27. The minimum absolute atomic E-state index is 0.0263. The van der Waals surface area contributed by atoms with E-state index in [1.165, 1.54) is 6.07 Å². The summed E-state index contributed by atoms with van der Waals surface area (Å²) in [5.41, 5.74) is 2.09. The minimum Gasteiger partial charge on any atom is -0.487 e. The van der Waals surface area contributed by atoms with Crippen LogP contribution in [0.15, 0.2) is 47.4 Å². The Labute approximate surface area is 184 Å². The van der Waals surface area contributed by atoms with Gasteiger partial charge < -0.3 is 9.64 Å². The number of benzene rings is 2. The zero-order valence-corrected chi connectivity index (χ0v) is 19.1. The number of hydrogen-bond donors (Lipinski definition) is 0. The molecule has 0 radical (unpaired) electrons. The summed E-state index contributed by atoms with van der Waals surface area (Å²) in [6, 6.07) is 12.3. The largest absolute Gasteiger partial charge is 0.487 e. The molecule has 0 N–H and O–H groups in total. The molecule has 0 atom stereocenters. The average molecular weight is 447 g/mol. The van der Waals surface area contributed by atoms with Gasteiger partial charge in [0.25, 0.3) is 0 Å². The van der Waals surface area contributed by atoms with Crippen molar-refractivity contribution in [1.29, 1.82) is 0 Å². The topological polar surface area (TPSA) is 49.9 Å². The fourth-order valence-electron chi connectivity index (χ4n) is 4.55. The third-order valence-corrected chi connectivity index (χ3v) is 8.56. The van der Waals surface area contributed by atoms with Gasteiger partial charge in [0, 0.05) is 32.2 Å². The van der Waals surface area contributed by atoms with E-state index in [2.05, 4.69) is 4.90 Å². The molecular formula is C24H31FN2O3S. The number of hydrogen-bond acceptors (Lipinski definition) is 4. The first-order valence-electron chi connectivity index (χ1n) is 11.1. The van der Waals surface area contributed by atoms with Crippen LogP contribution in [0.5, 0.6) is 5.75 Å². The number of halogens is 1. The van der Waals surface area contributed by atoms with Crippen molar-refractivity contribution in [1.82, 2.24) is 9.21 Å². The van der Waals surface area contributed by atoms with Gasteiger partial charge in [-0.1, -0.05) is 18.2 Å². The molecule has 0 bridgehead atoms. The summed E-state index contributed by atoms with van der Waals surface area (Å²) in [6.07, 6.45) is 3.41. The average Bonchev–Trinajstić information content (AvgIpc) is 2.78. The molecule has 2 fully saturated rings. The first-order valence-corrected chi connectivity index (χ1v) is 12.5. The van der Waals surface area contributed by atoms with E-state index in [1.54, 1.807) is 34.6 Å². The highest BCUT2D eigenvalue weighted by Crippen LogP contribution is 2.27. The van der Waals surface area contributed by atoms with Crippen molar-refractivity contribution in [2.75, 3.05) is 26.2 Å². The van der Waals surface area contributed by atoms with Crippen molar-refractivity contribution >= 4 is 10.0 Å². The molecule has 0 aliphatic carbocycles. The Hall–Kier alpha value is -1.96. The SMILES string of the molecule is Cc1ccc(S(=O)(=O)N2CCC(N3CCC(Oc4ccccc4F)CC3)CC2)cc1C. The molecule has 0 amide bonds. The van der Waals surface area contributed by atoms with E-state index in [1.807, 2.05) is 19.9 Å². The van der Waals surface area contributed by atoms with Crippen LogP contribution in [0.3, 0.4) is 0 Å². The third kappa shape index (κ3) is 4.94. The van der Waals surface area contributed by atoms with Crippen LogP contribution in [0.4, 0.5) is 4.39 Å². The molecule has 0 unspecified atom stereocenters. The molecule has 168 valence electrons. The number of para-hydroxylation sites is 1. The molecule has 5 nitrogen and oxygen atoms in total. The molecule has 2 aromatic carbocycles. The molecule has 2 heterocycles. The molecule has 4 rings (SSSR count). The number of likely N-dealkylation sites (tertiary alicyclic amines) is 1. The third-order valence-electron chi connectivity index (χ3n) is 6.66. The normalized spacial score (nSPS) is 20.1. The predicted molar refractivity (Wildman–Crippen MR) is 119 cm³/mol. The van der Waals surface area contributed by atoms with Gasteiger partial charge in [0.05, 0.1) is 4.90 Å². The molecule has 0 spiro atoms. The van der Waals surface area contributed by atoms with Gasteiger partial charge in [0.1, 0.15) is 6.10 Å². The van der Waals surface area contributed by atoms with Gasteiger partial charge in [0.2, 0.25) is 10.0 Å². The Morgan fingerprint density at radius 2 is 1.58 bits per heavy atom. The Balaban J connectivity index is 1.29. The standard InChI is InChI=1S/C24H31FN2O3S/c1-18-7-8-22(17-19(18)2)31(28,29)27-15-9-20(10-16-27)26-13-11-21(12-14-26)30-24-6-4-3-5-23(24)25/h3-8,17,20-21H,9-16H2,1-2H3. The number of nitrogens with zero attached hydrogens (tertiary/aromatic N) is 2. The molecule has 31 heavy (non-hydrogen) atoms. The minimum atomic E-state index is -3.44. The fraction of sp³-hybridized carbons (Fsp3) is 0.500. The van der Waals surface area contributed by atoms with Crippen LogP contribution in [0.1, 0.15) is 36.8 Å². The number of aryl methyl sites for hydroxylation is 2. The van der Waals surface area contributed by atoms with Crippen LogP contribution >= 0.6 is 0 Å². The van der Waals surface area contributed by atoms with Gasteiger partial charge in [-0.2, -0.15) is 4.31 Å². The highest BCUT2D eigenvalue weighted by Gasteiger charge is 2.33. The van der Waals surface area contributed by atoms with Gasteiger partial charge in [-0.15, -0.1) is 0 Å². The number of piperidine rings is 2. The molecular weight excluding hydrogens is 415 g/mol. The molecule has 7 heteroatoms. The molecule has 2 aliphatic rings. The van der Waals surface area contributed by atoms with Crippen molar-refractivity contribution in [3.05, 3.63) is 59.4 Å². The second-order valence-electron chi connectivity index (χ2n) is 8.66. The lowest BCUT2D eigenvalue weighted by Gasteiger charge is -2.41. The maximum absolute atomic E-state index is 13.8. The van der Waals surface area contributed by atoms with Gasteiger partial charge in [0.15, 0.2) is 11.6 Å². The summed E-state index contributed by atoms with van der Waals surface area (Å²) < 4.78 is 47.4. The Morgan fingerprint density at radius 1 is 0.903 bits per heavy atom. The van der Waals surface area contributed by atoms with E-state index in [4.69, 9.17) is 4.74 Å². The van der Waals surface area contributed by atoms with Gasteiger partial charge >= 0.3 is 0 Å². The van der Waals surface area contributed by atoms with Crippen LogP contribution in [0.25, 0.3) is 0 Å². The van der Waals surface area contributed by atoms with Crippen LogP contribution < -0.4 is 4.74 Å². The van der Waals surface area contributed by atoms with Crippen molar-refractivity contribution in [3.63, 3.8) is 0 Å². The number of sulfonamides is 1. The second-order valence-corrected chi connectivity index (χ2v) is 10.6. The highest BCUT2D eigenvalue weighted by molar-refractivity contribution is 7.89. The van der Waals surface area contributed by atoms with Crippen LogP contribution in [0.2, 0.25) is 0 Å². The highest BCUT2D eigenvalue weighted by atomic mass is 32.2. The van der Waals surface area contributed by atoms with Crippen molar-refractivity contribution in [2.24, 2.45) is 0 Å². The number of ether oxygens (including phenoxy) is 1. The summed E-state index contributed by atoms with van der Waals surface area (Å²) in [5.74, 6) is 0.00749. The van der Waals surface area contributed by atoms with Crippen molar-refractivity contribution in [3.8, 4) is 5.75 Å². The maximum Gasteiger partial charge on any atom is 0.243 e. The lowest BCUT2D eigenvalue weighted by atomic mass is 10.00.